The molecule has 0 atom stereocenters. The molecular formula is C10H10N4. The highest BCUT2D eigenvalue weighted by Gasteiger charge is 2.05. The molecule has 0 N–H and O–H groups in total. The standard InChI is InChI=1S/C10H10N4/c1-13-5-11-7-4-10-8(3-9(7)13)12-6-14(10)2/h3-6H,1-2H3. The van der Waals surface area contributed by atoms with Gasteiger partial charge in [0.2, 0.25) is 0 Å². The second-order valence-electron chi connectivity index (χ2n) is 3.54. The summed E-state index contributed by atoms with van der Waals surface area (Å²) in [6, 6.07) is 4.13. The van der Waals surface area contributed by atoms with Crippen LogP contribution in [0.5, 0.6) is 0 Å². The van der Waals surface area contributed by atoms with Crippen molar-refractivity contribution in [1.29, 1.82) is 0 Å². The molecule has 4 nitrogen and oxygen atoms in total. The fraction of sp³-hybridized carbons (Fsp3) is 0.200. The Hall–Kier alpha value is -1.84. The number of rotatable bonds is 0. The zero-order valence-electron chi connectivity index (χ0n) is 8.10. The lowest BCUT2D eigenvalue weighted by Crippen LogP contribution is -1.85. The van der Waals surface area contributed by atoms with Gasteiger partial charge in [-0.2, -0.15) is 0 Å². The summed E-state index contributed by atoms with van der Waals surface area (Å²) < 4.78 is 4.01. The van der Waals surface area contributed by atoms with Gasteiger partial charge in [-0.15, -0.1) is 0 Å². The van der Waals surface area contributed by atoms with Crippen molar-refractivity contribution in [3.8, 4) is 0 Å². The molecule has 0 amide bonds. The summed E-state index contributed by atoms with van der Waals surface area (Å²) in [5.74, 6) is 0. The first kappa shape index (κ1) is 7.55. The Morgan fingerprint density at radius 3 is 1.71 bits per heavy atom. The number of fused-ring (bicyclic) bond motifs is 2. The molecule has 3 rings (SSSR count). The van der Waals surface area contributed by atoms with E-state index in [1.807, 2.05) is 35.9 Å². The van der Waals surface area contributed by atoms with E-state index in [0.717, 1.165) is 22.1 Å². The van der Waals surface area contributed by atoms with Crippen LogP contribution >= 0.6 is 0 Å². The third-order valence-electron chi connectivity index (χ3n) is 2.57. The van der Waals surface area contributed by atoms with Gasteiger partial charge in [0.15, 0.2) is 0 Å². The molecule has 0 saturated heterocycles. The van der Waals surface area contributed by atoms with Crippen LogP contribution in [0.3, 0.4) is 0 Å². The fourth-order valence-corrected chi connectivity index (χ4v) is 1.75. The van der Waals surface area contributed by atoms with Gasteiger partial charge in [-0.1, -0.05) is 0 Å². The van der Waals surface area contributed by atoms with E-state index >= 15 is 0 Å². The van der Waals surface area contributed by atoms with Crippen molar-refractivity contribution in [1.82, 2.24) is 19.1 Å². The van der Waals surface area contributed by atoms with E-state index in [0.29, 0.717) is 0 Å². The molecule has 3 aromatic rings. The van der Waals surface area contributed by atoms with Crippen LogP contribution in [0.4, 0.5) is 0 Å². The monoisotopic (exact) mass is 186 g/mol. The summed E-state index contributed by atoms with van der Waals surface area (Å²) in [5, 5.41) is 0. The Balaban J connectivity index is 2.56. The molecule has 2 aromatic heterocycles. The first-order valence-corrected chi connectivity index (χ1v) is 4.48. The van der Waals surface area contributed by atoms with Crippen molar-refractivity contribution in [2.24, 2.45) is 14.1 Å². The zero-order valence-corrected chi connectivity index (χ0v) is 8.10. The average molecular weight is 186 g/mol. The Labute approximate surface area is 80.8 Å². The van der Waals surface area contributed by atoms with Gasteiger partial charge in [-0.05, 0) is 12.1 Å². The van der Waals surface area contributed by atoms with E-state index in [9.17, 15) is 0 Å². The predicted molar refractivity (Wildman–Crippen MR) is 55.0 cm³/mol. The molecular weight excluding hydrogens is 176 g/mol. The van der Waals surface area contributed by atoms with Crippen LogP contribution in [0.2, 0.25) is 0 Å². The van der Waals surface area contributed by atoms with Crippen LogP contribution in [0, 0.1) is 0 Å². The number of benzene rings is 1. The van der Waals surface area contributed by atoms with Crippen LogP contribution in [0.25, 0.3) is 22.1 Å². The van der Waals surface area contributed by atoms with E-state index < -0.39 is 0 Å². The minimum absolute atomic E-state index is 1.02. The third-order valence-corrected chi connectivity index (χ3v) is 2.57. The molecule has 0 aliphatic heterocycles. The smallest absolute Gasteiger partial charge is 0.0955 e. The summed E-state index contributed by atoms with van der Waals surface area (Å²) in [4.78, 5) is 8.62. The predicted octanol–water partition coefficient (Wildman–Crippen LogP) is 1.46. The van der Waals surface area contributed by atoms with E-state index in [4.69, 9.17) is 0 Å². The molecule has 0 aliphatic carbocycles. The maximum absolute atomic E-state index is 4.31. The molecule has 0 radical (unpaired) electrons. The minimum atomic E-state index is 1.02. The molecule has 0 fully saturated rings. The highest BCUT2D eigenvalue weighted by molar-refractivity contribution is 5.91. The maximum atomic E-state index is 4.31. The highest BCUT2D eigenvalue weighted by Crippen LogP contribution is 2.19. The van der Waals surface area contributed by atoms with Crippen LogP contribution in [-0.4, -0.2) is 19.1 Å². The van der Waals surface area contributed by atoms with Crippen LogP contribution < -0.4 is 0 Å². The molecule has 0 saturated carbocycles. The third kappa shape index (κ3) is 0.824. The number of aromatic nitrogens is 4. The molecule has 2 heterocycles. The van der Waals surface area contributed by atoms with Gasteiger partial charge >= 0.3 is 0 Å². The molecule has 0 spiro atoms. The van der Waals surface area contributed by atoms with Crippen molar-refractivity contribution in [2.45, 2.75) is 0 Å². The van der Waals surface area contributed by atoms with Crippen molar-refractivity contribution in [3.63, 3.8) is 0 Å². The largest absolute Gasteiger partial charge is 0.334 e. The molecule has 0 aliphatic rings. The number of nitrogens with zero attached hydrogens (tertiary/aromatic N) is 4. The van der Waals surface area contributed by atoms with E-state index in [-0.39, 0.29) is 0 Å². The lowest BCUT2D eigenvalue weighted by Gasteiger charge is -1.96. The van der Waals surface area contributed by atoms with Gasteiger partial charge in [0.1, 0.15) is 0 Å². The van der Waals surface area contributed by atoms with E-state index in [1.165, 1.54) is 0 Å². The van der Waals surface area contributed by atoms with Gasteiger partial charge in [0, 0.05) is 14.1 Å². The van der Waals surface area contributed by atoms with Gasteiger partial charge in [0.25, 0.3) is 0 Å². The topological polar surface area (TPSA) is 35.6 Å². The lowest BCUT2D eigenvalue weighted by molar-refractivity contribution is 0.947. The van der Waals surface area contributed by atoms with Crippen molar-refractivity contribution in [2.75, 3.05) is 0 Å². The molecule has 0 unspecified atom stereocenters. The Morgan fingerprint density at radius 1 is 0.857 bits per heavy atom. The number of hydrogen-bond donors (Lipinski definition) is 0. The molecule has 70 valence electrons. The first-order valence-electron chi connectivity index (χ1n) is 4.48. The first-order chi connectivity index (χ1) is 6.75. The quantitative estimate of drug-likeness (QED) is 0.533. The minimum Gasteiger partial charge on any atom is -0.334 e. The average Bonchev–Trinajstić information content (AvgIpc) is 2.71. The molecule has 1 aromatic carbocycles. The zero-order chi connectivity index (χ0) is 9.71. The fourth-order valence-electron chi connectivity index (χ4n) is 1.75. The van der Waals surface area contributed by atoms with Gasteiger partial charge in [-0.25, -0.2) is 9.97 Å². The summed E-state index contributed by atoms with van der Waals surface area (Å²) in [5.41, 5.74) is 4.28. The highest BCUT2D eigenvalue weighted by atomic mass is 15.0. The Bertz CT molecular complexity index is 561. The second-order valence-corrected chi connectivity index (χ2v) is 3.54. The normalized spacial score (nSPS) is 11.6. The molecule has 14 heavy (non-hydrogen) atoms. The van der Waals surface area contributed by atoms with Crippen molar-refractivity contribution < 1.29 is 0 Å². The summed E-state index contributed by atoms with van der Waals surface area (Å²) in [6.45, 7) is 0. The van der Waals surface area contributed by atoms with Gasteiger partial charge in [-0.3, -0.25) is 0 Å². The lowest BCUT2D eigenvalue weighted by atomic mass is 10.2. The maximum Gasteiger partial charge on any atom is 0.0955 e. The van der Waals surface area contributed by atoms with E-state index in [2.05, 4.69) is 22.1 Å². The van der Waals surface area contributed by atoms with E-state index in [1.54, 1.807) is 0 Å². The van der Waals surface area contributed by atoms with Crippen molar-refractivity contribution in [3.05, 3.63) is 24.8 Å². The van der Waals surface area contributed by atoms with Gasteiger partial charge < -0.3 is 9.13 Å². The summed E-state index contributed by atoms with van der Waals surface area (Å²) in [7, 11) is 3.98. The summed E-state index contributed by atoms with van der Waals surface area (Å²) >= 11 is 0. The molecule has 4 heteroatoms. The number of imidazole rings is 2. The summed E-state index contributed by atoms with van der Waals surface area (Å²) in [6.07, 6.45) is 3.65. The number of aryl methyl sites for hydroxylation is 2. The van der Waals surface area contributed by atoms with Crippen LogP contribution in [0.1, 0.15) is 0 Å². The van der Waals surface area contributed by atoms with Crippen molar-refractivity contribution >= 4 is 22.1 Å². The second kappa shape index (κ2) is 2.35. The number of hydrogen-bond acceptors (Lipinski definition) is 2. The van der Waals surface area contributed by atoms with Crippen LogP contribution in [-0.2, 0) is 14.1 Å². The van der Waals surface area contributed by atoms with Gasteiger partial charge in [0.05, 0.1) is 34.7 Å². The Morgan fingerprint density at radius 2 is 1.29 bits per heavy atom. The molecule has 0 bridgehead atoms. The SMILES string of the molecule is Cn1cnc2cc3c(cc21)ncn3C. The Kier molecular flexibility index (Phi) is 1.27. The van der Waals surface area contributed by atoms with Crippen LogP contribution in [0.15, 0.2) is 24.8 Å².